The monoisotopic (exact) mass is 176 g/mol. The Labute approximate surface area is 76.5 Å². The second-order valence-electron chi connectivity index (χ2n) is 3.52. The molecule has 1 N–H and O–H groups in total. The van der Waals surface area contributed by atoms with E-state index in [9.17, 15) is 5.11 Å². The maximum Gasteiger partial charge on any atom is 0.130 e. The SMILES string of the molecule is CC(C)c1cc(O)cc2c1=NCN=2. The molecule has 0 bridgehead atoms. The van der Waals surface area contributed by atoms with Crippen LogP contribution in [0.1, 0.15) is 25.3 Å². The third-order valence-corrected chi connectivity index (χ3v) is 2.20. The lowest BCUT2D eigenvalue weighted by Crippen LogP contribution is -2.26. The van der Waals surface area contributed by atoms with Gasteiger partial charge in [0.2, 0.25) is 0 Å². The summed E-state index contributed by atoms with van der Waals surface area (Å²) in [5.41, 5.74) is 1.08. The average Bonchev–Trinajstić information content (AvgIpc) is 2.49. The number of fused-ring (bicyclic) bond motifs is 1. The van der Waals surface area contributed by atoms with Crippen molar-refractivity contribution in [2.24, 2.45) is 9.98 Å². The molecule has 13 heavy (non-hydrogen) atoms. The maximum absolute atomic E-state index is 9.42. The van der Waals surface area contributed by atoms with Crippen LogP contribution >= 0.6 is 0 Å². The van der Waals surface area contributed by atoms with Crippen molar-refractivity contribution in [3.8, 4) is 5.75 Å². The summed E-state index contributed by atoms with van der Waals surface area (Å²) in [5.74, 6) is 0.654. The van der Waals surface area contributed by atoms with Crippen molar-refractivity contribution >= 4 is 0 Å². The van der Waals surface area contributed by atoms with Crippen LogP contribution in [0, 0.1) is 0 Å². The molecule has 0 saturated heterocycles. The molecule has 0 unspecified atom stereocenters. The Hall–Kier alpha value is -1.38. The predicted molar refractivity (Wildman–Crippen MR) is 49.4 cm³/mol. The first-order valence-corrected chi connectivity index (χ1v) is 4.40. The van der Waals surface area contributed by atoms with Gasteiger partial charge in [0.15, 0.2) is 0 Å². The van der Waals surface area contributed by atoms with E-state index < -0.39 is 0 Å². The van der Waals surface area contributed by atoms with Gasteiger partial charge < -0.3 is 5.11 Å². The Morgan fingerprint density at radius 1 is 1.31 bits per heavy atom. The molecule has 1 aliphatic heterocycles. The minimum Gasteiger partial charge on any atom is -0.508 e. The fourth-order valence-corrected chi connectivity index (χ4v) is 1.54. The zero-order chi connectivity index (χ0) is 9.42. The lowest BCUT2D eigenvalue weighted by molar-refractivity contribution is 0.473. The molecule has 1 heterocycles. The van der Waals surface area contributed by atoms with Gasteiger partial charge in [-0.2, -0.15) is 0 Å². The van der Waals surface area contributed by atoms with E-state index in [1.54, 1.807) is 12.1 Å². The molecule has 1 aromatic carbocycles. The molecule has 0 aromatic heterocycles. The van der Waals surface area contributed by atoms with E-state index in [0.717, 1.165) is 16.3 Å². The third kappa shape index (κ3) is 1.30. The normalized spacial score (nSPS) is 13.8. The molecule has 0 aliphatic carbocycles. The van der Waals surface area contributed by atoms with E-state index in [-0.39, 0.29) is 5.75 Å². The van der Waals surface area contributed by atoms with E-state index >= 15 is 0 Å². The molecule has 0 amide bonds. The average molecular weight is 176 g/mol. The number of rotatable bonds is 1. The van der Waals surface area contributed by atoms with Gasteiger partial charge in [-0.05, 0) is 17.5 Å². The van der Waals surface area contributed by atoms with Crippen molar-refractivity contribution in [1.82, 2.24) is 0 Å². The van der Waals surface area contributed by atoms with Crippen molar-refractivity contribution in [3.05, 3.63) is 28.4 Å². The Balaban J connectivity index is 2.79. The van der Waals surface area contributed by atoms with E-state index in [4.69, 9.17) is 0 Å². The second-order valence-corrected chi connectivity index (χ2v) is 3.52. The quantitative estimate of drug-likeness (QED) is 0.673. The van der Waals surface area contributed by atoms with Gasteiger partial charge in [0.25, 0.3) is 0 Å². The summed E-state index contributed by atoms with van der Waals surface area (Å²) in [5, 5.41) is 11.2. The summed E-state index contributed by atoms with van der Waals surface area (Å²) in [7, 11) is 0. The van der Waals surface area contributed by atoms with Gasteiger partial charge in [0, 0.05) is 6.07 Å². The molecule has 3 heteroatoms. The molecule has 1 aromatic rings. The number of aromatic hydroxyl groups is 1. The molecule has 0 atom stereocenters. The molecule has 1 aliphatic rings. The Morgan fingerprint density at radius 2 is 2.08 bits per heavy atom. The number of nitrogens with zero attached hydrogens (tertiary/aromatic N) is 2. The summed E-state index contributed by atoms with van der Waals surface area (Å²) in [4.78, 5) is 8.46. The van der Waals surface area contributed by atoms with Crippen molar-refractivity contribution in [3.63, 3.8) is 0 Å². The topological polar surface area (TPSA) is 45.0 Å². The summed E-state index contributed by atoms with van der Waals surface area (Å²) in [6.45, 7) is 4.67. The highest BCUT2D eigenvalue weighted by atomic mass is 16.3. The minimum absolute atomic E-state index is 0.281. The van der Waals surface area contributed by atoms with Crippen LogP contribution in [0.4, 0.5) is 0 Å². The van der Waals surface area contributed by atoms with E-state index in [1.165, 1.54) is 0 Å². The predicted octanol–water partition coefficient (Wildman–Crippen LogP) is 0.726. The summed E-state index contributed by atoms with van der Waals surface area (Å²) >= 11 is 0. The van der Waals surface area contributed by atoms with E-state index in [1.807, 2.05) is 0 Å². The fraction of sp³-hybridized carbons (Fsp3) is 0.400. The number of phenolic OH excluding ortho intramolecular Hbond substituents is 1. The van der Waals surface area contributed by atoms with Crippen molar-refractivity contribution in [1.29, 1.82) is 0 Å². The zero-order valence-corrected chi connectivity index (χ0v) is 7.78. The van der Waals surface area contributed by atoms with Crippen LogP contribution in [0.3, 0.4) is 0 Å². The van der Waals surface area contributed by atoms with Crippen molar-refractivity contribution < 1.29 is 5.11 Å². The molecule has 0 radical (unpaired) electrons. The number of hydrogen-bond donors (Lipinski definition) is 1. The van der Waals surface area contributed by atoms with Gasteiger partial charge in [-0.3, -0.25) is 9.98 Å². The van der Waals surface area contributed by atoms with Crippen molar-refractivity contribution in [2.45, 2.75) is 19.8 Å². The van der Waals surface area contributed by atoms with Crippen LogP contribution in [-0.4, -0.2) is 11.8 Å². The van der Waals surface area contributed by atoms with Crippen LogP contribution in [0.5, 0.6) is 5.75 Å². The highest BCUT2D eigenvalue weighted by Gasteiger charge is 2.08. The van der Waals surface area contributed by atoms with Gasteiger partial charge in [-0.15, -0.1) is 0 Å². The second kappa shape index (κ2) is 2.83. The van der Waals surface area contributed by atoms with Crippen LogP contribution in [0.2, 0.25) is 0 Å². The van der Waals surface area contributed by atoms with Crippen LogP contribution in [0.25, 0.3) is 0 Å². The molecule has 3 nitrogen and oxygen atoms in total. The van der Waals surface area contributed by atoms with Gasteiger partial charge in [-0.1, -0.05) is 13.8 Å². The Morgan fingerprint density at radius 3 is 2.77 bits per heavy atom. The smallest absolute Gasteiger partial charge is 0.130 e. The molecule has 0 saturated carbocycles. The number of hydrogen-bond acceptors (Lipinski definition) is 3. The van der Waals surface area contributed by atoms with Gasteiger partial charge in [0.1, 0.15) is 12.4 Å². The maximum atomic E-state index is 9.42. The first kappa shape index (κ1) is 8.23. The van der Waals surface area contributed by atoms with E-state index in [0.29, 0.717) is 12.6 Å². The van der Waals surface area contributed by atoms with E-state index in [2.05, 4.69) is 23.8 Å². The van der Waals surface area contributed by atoms with Gasteiger partial charge in [-0.25, -0.2) is 0 Å². The molecule has 0 spiro atoms. The molecular formula is C10H12N2O. The first-order valence-electron chi connectivity index (χ1n) is 4.40. The molecular weight excluding hydrogens is 164 g/mol. The highest BCUT2D eigenvalue weighted by Crippen LogP contribution is 2.13. The summed E-state index contributed by atoms with van der Waals surface area (Å²) in [6, 6.07) is 3.44. The first-order chi connectivity index (χ1) is 6.18. The van der Waals surface area contributed by atoms with Gasteiger partial charge in [0.05, 0.1) is 10.7 Å². The highest BCUT2D eigenvalue weighted by molar-refractivity contribution is 5.29. The zero-order valence-electron chi connectivity index (χ0n) is 7.78. The van der Waals surface area contributed by atoms with Crippen LogP contribution in [-0.2, 0) is 0 Å². The lowest BCUT2D eigenvalue weighted by Gasteiger charge is -2.04. The van der Waals surface area contributed by atoms with Gasteiger partial charge >= 0.3 is 0 Å². The molecule has 0 fully saturated rings. The molecule has 2 rings (SSSR count). The minimum atomic E-state index is 0.281. The Kier molecular flexibility index (Phi) is 1.79. The summed E-state index contributed by atoms with van der Waals surface area (Å²) in [6.07, 6.45) is 0. The number of phenols is 1. The largest absolute Gasteiger partial charge is 0.508 e. The van der Waals surface area contributed by atoms with Crippen molar-refractivity contribution in [2.75, 3.05) is 6.67 Å². The van der Waals surface area contributed by atoms with Crippen LogP contribution < -0.4 is 10.7 Å². The van der Waals surface area contributed by atoms with Crippen LogP contribution in [0.15, 0.2) is 22.1 Å². The Bertz CT molecular complexity index is 449. The lowest BCUT2D eigenvalue weighted by atomic mass is 10.0. The molecule has 68 valence electrons. The number of benzene rings is 1. The summed E-state index contributed by atoms with van der Waals surface area (Å²) < 4.78 is 0. The standard InChI is InChI=1S/C10H12N2O/c1-6(2)8-3-7(13)4-9-10(8)12-5-11-9/h3-4,6,13H,5H2,1-2H3. The fourth-order valence-electron chi connectivity index (χ4n) is 1.54. The third-order valence-electron chi connectivity index (χ3n) is 2.20.